The molecule has 2 aliphatic heterocycles. The number of rotatable bonds is 6. The fourth-order valence-electron chi connectivity index (χ4n) is 3.87. The van der Waals surface area contributed by atoms with Gasteiger partial charge in [0, 0.05) is 56.1 Å². The number of nitrogens with one attached hydrogen (secondary N) is 1. The molecule has 0 bridgehead atoms. The van der Waals surface area contributed by atoms with Crippen molar-refractivity contribution in [3.63, 3.8) is 0 Å². The number of amides is 1. The van der Waals surface area contributed by atoms with Gasteiger partial charge in [-0.2, -0.15) is 0 Å². The summed E-state index contributed by atoms with van der Waals surface area (Å²) < 4.78 is 6.03. The number of para-hydroxylation sites is 1. The predicted octanol–water partition coefficient (Wildman–Crippen LogP) is 3.16. The van der Waals surface area contributed by atoms with Gasteiger partial charge in [-0.25, -0.2) is 0 Å². The number of carbonyl (C=O) groups excluding carboxylic acids is 1. The summed E-state index contributed by atoms with van der Waals surface area (Å²) >= 11 is 0. The number of piperazine rings is 1. The van der Waals surface area contributed by atoms with E-state index in [0.717, 1.165) is 62.6 Å². The highest BCUT2D eigenvalue weighted by Gasteiger charge is 2.19. The van der Waals surface area contributed by atoms with E-state index in [4.69, 9.17) is 4.74 Å². The van der Waals surface area contributed by atoms with Gasteiger partial charge in [0.15, 0.2) is 0 Å². The van der Waals surface area contributed by atoms with E-state index < -0.39 is 0 Å². The van der Waals surface area contributed by atoms with Crippen molar-refractivity contribution < 1.29 is 9.53 Å². The van der Waals surface area contributed by atoms with E-state index in [1.807, 2.05) is 18.2 Å². The number of hydrogen-bond donors (Lipinski definition) is 1. The molecule has 27 heavy (non-hydrogen) atoms. The van der Waals surface area contributed by atoms with Crippen molar-refractivity contribution in [1.29, 1.82) is 0 Å². The van der Waals surface area contributed by atoms with Gasteiger partial charge in [-0.05, 0) is 37.1 Å². The van der Waals surface area contributed by atoms with Gasteiger partial charge in [-0.3, -0.25) is 9.69 Å². The molecule has 1 N–H and O–H groups in total. The minimum absolute atomic E-state index is 0.0919. The van der Waals surface area contributed by atoms with E-state index in [9.17, 15) is 4.79 Å². The Morgan fingerprint density at radius 3 is 2.56 bits per heavy atom. The molecular weight excluding hydrogens is 338 g/mol. The highest BCUT2D eigenvalue weighted by atomic mass is 16.5. The van der Waals surface area contributed by atoms with Crippen LogP contribution in [0.1, 0.15) is 18.4 Å². The summed E-state index contributed by atoms with van der Waals surface area (Å²) in [5.74, 6) is 1.01. The second kappa shape index (κ2) is 8.44. The monoisotopic (exact) mass is 365 g/mol. The van der Waals surface area contributed by atoms with E-state index >= 15 is 0 Å². The van der Waals surface area contributed by atoms with Gasteiger partial charge in [0.2, 0.25) is 5.91 Å². The maximum atomic E-state index is 11.5. The first-order valence-corrected chi connectivity index (χ1v) is 9.86. The van der Waals surface area contributed by atoms with Crippen molar-refractivity contribution >= 4 is 17.3 Å². The van der Waals surface area contributed by atoms with Crippen LogP contribution in [0.15, 0.2) is 48.5 Å². The molecule has 2 aromatic rings. The lowest BCUT2D eigenvalue weighted by Crippen LogP contribution is -2.46. The van der Waals surface area contributed by atoms with Crippen molar-refractivity contribution in [2.75, 3.05) is 49.5 Å². The van der Waals surface area contributed by atoms with Crippen LogP contribution in [0.4, 0.5) is 11.4 Å². The van der Waals surface area contributed by atoms with E-state index in [2.05, 4.69) is 45.4 Å². The van der Waals surface area contributed by atoms with Crippen molar-refractivity contribution in [3.8, 4) is 5.75 Å². The molecule has 0 unspecified atom stereocenters. The van der Waals surface area contributed by atoms with Crippen molar-refractivity contribution in [2.45, 2.75) is 19.3 Å². The molecule has 0 aliphatic carbocycles. The Morgan fingerprint density at radius 1 is 0.926 bits per heavy atom. The second-order valence-electron chi connectivity index (χ2n) is 7.20. The lowest BCUT2D eigenvalue weighted by molar-refractivity contribution is -0.116. The van der Waals surface area contributed by atoms with Crippen LogP contribution in [0.3, 0.4) is 0 Å². The van der Waals surface area contributed by atoms with Gasteiger partial charge in [-0.15, -0.1) is 0 Å². The molecule has 0 atom stereocenters. The van der Waals surface area contributed by atoms with Gasteiger partial charge >= 0.3 is 0 Å². The average molecular weight is 365 g/mol. The molecule has 5 heteroatoms. The molecule has 0 spiro atoms. The Kier molecular flexibility index (Phi) is 5.58. The largest absolute Gasteiger partial charge is 0.493 e. The van der Waals surface area contributed by atoms with Crippen LogP contribution in [0.2, 0.25) is 0 Å². The summed E-state index contributed by atoms with van der Waals surface area (Å²) in [6, 6.07) is 16.6. The molecule has 5 nitrogen and oxygen atoms in total. The van der Waals surface area contributed by atoms with Crippen LogP contribution in [0, 0.1) is 0 Å². The first kappa shape index (κ1) is 17.9. The molecule has 1 saturated heterocycles. The van der Waals surface area contributed by atoms with Crippen LogP contribution in [0.5, 0.6) is 5.75 Å². The number of fused-ring (bicyclic) bond motifs is 1. The minimum atomic E-state index is 0.0919. The lowest BCUT2D eigenvalue weighted by Gasteiger charge is -2.36. The lowest BCUT2D eigenvalue weighted by atomic mass is 10.0. The maximum absolute atomic E-state index is 11.5. The third kappa shape index (κ3) is 4.42. The molecule has 0 saturated carbocycles. The van der Waals surface area contributed by atoms with E-state index in [0.29, 0.717) is 13.0 Å². The van der Waals surface area contributed by atoms with Gasteiger partial charge in [-0.1, -0.05) is 24.3 Å². The first-order valence-electron chi connectivity index (χ1n) is 9.86. The molecule has 1 fully saturated rings. The Hall–Kier alpha value is -2.53. The molecule has 4 rings (SSSR count). The van der Waals surface area contributed by atoms with Crippen molar-refractivity contribution in [2.24, 2.45) is 0 Å². The summed E-state index contributed by atoms with van der Waals surface area (Å²) in [7, 11) is 0. The summed E-state index contributed by atoms with van der Waals surface area (Å²) in [6.45, 7) is 6.13. The van der Waals surface area contributed by atoms with E-state index in [1.165, 1.54) is 5.69 Å². The summed E-state index contributed by atoms with van der Waals surface area (Å²) in [4.78, 5) is 16.5. The Bertz CT molecular complexity index is 770. The summed E-state index contributed by atoms with van der Waals surface area (Å²) in [5, 5.41) is 2.93. The van der Waals surface area contributed by atoms with Crippen LogP contribution in [0.25, 0.3) is 0 Å². The zero-order valence-corrected chi connectivity index (χ0v) is 15.7. The fourth-order valence-corrected chi connectivity index (χ4v) is 3.87. The van der Waals surface area contributed by atoms with Crippen LogP contribution in [-0.4, -0.2) is 50.1 Å². The minimum Gasteiger partial charge on any atom is -0.493 e. The molecular formula is C22H27N3O2. The van der Waals surface area contributed by atoms with Crippen LogP contribution < -0.4 is 15.0 Å². The van der Waals surface area contributed by atoms with Gasteiger partial charge in [0.05, 0.1) is 6.61 Å². The molecule has 1 amide bonds. The zero-order valence-electron chi connectivity index (χ0n) is 15.7. The van der Waals surface area contributed by atoms with Crippen molar-refractivity contribution in [3.05, 3.63) is 54.1 Å². The molecule has 142 valence electrons. The quantitative estimate of drug-likeness (QED) is 0.799. The number of anilines is 2. The maximum Gasteiger partial charge on any atom is 0.224 e. The number of hydrogen-bond acceptors (Lipinski definition) is 4. The fraction of sp³-hybridized carbons (Fsp3) is 0.409. The third-order valence-electron chi connectivity index (χ3n) is 5.38. The molecule has 2 aliphatic rings. The second-order valence-corrected chi connectivity index (χ2v) is 7.20. The summed E-state index contributed by atoms with van der Waals surface area (Å²) in [5.41, 5.74) is 3.36. The predicted molar refractivity (Wildman–Crippen MR) is 109 cm³/mol. The Morgan fingerprint density at radius 2 is 1.74 bits per heavy atom. The summed E-state index contributed by atoms with van der Waals surface area (Å²) in [6.07, 6.45) is 2.32. The molecule has 2 aromatic carbocycles. The number of ether oxygens (including phenoxy) is 1. The number of nitrogens with zero attached hydrogens (tertiary/aromatic N) is 2. The topological polar surface area (TPSA) is 44.8 Å². The zero-order chi connectivity index (χ0) is 18.5. The van der Waals surface area contributed by atoms with Gasteiger partial charge in [0.25, 0.3) is 0 Å². The molecule has 2 heterocycles. The van der Waals surface area contributed by atoms with Crippen LogP contribution in [-0.2, 0) is 11.2 Å². The Balaban J connectivity index is 1.21. The highest BCUT2D eigenvalue weighted by Crippen LogP contribution is 2.31. The van der Waals surface area contributed by atoms with Crippen molar-refractivity contribution in [1.82, 2.24) is 4.90 Å². The first-order chi connectivity index (χ1) is 13.3. The molecule has 0 aromatic heterocycles. The highest BCUT2D eigenvalue weighted by molar-refractivity contribution is 5.94. The smallest absolute Gasteiger partial charge is 0.224 e. The number of carbonyl (C=O) groups is 1. The Labute approximate surface area is 160 Å². The standard InChI is InChI=1S/C22H27N3O2/c26-22-11-10-19-20(23-22)8-4-9-21(19)27-17-5-12-24-13-15-25(16-14-24)18-6-2-1-3-7-18/h1-4,6-9H,5,10-17H2,(H,23,26). The normalized spacial score (nSPS) is 17.3. The van der Waals surface area contributed by atoms with Gasteiger partial charge < -0.3 is 15.0 Å². The third-order valence-corrected chi connectivity index (χ3v) is 5.38. The average Bonchev–Trinajstić information content (AvgIpc) is 2.72. The molecule has 0 radical (unpaired) electrons. The van der Waals surface area contributed by atoms with E-state index in [-0.39, 0.29) is 5.91 Å². The van der Waals surface area contributed by atoms with Crippen LogP contribution >= 0.6 is 0 Å². The number of benzene rings is 2. The van der Waals surface area contributed by atoms with E-state index in [1.54, 1.807) is 0 Å². The van der Waals surface area contributed by atoms with Gasteiger partial charge in [0.1, 0.15) is 5.75 Å². The SMILES string of the molecule is O=C1CCc2c(cccc2OCCCN2CCN(c3ccccc3)CC2)N1.